The molecule has 0 atom stereocenters. The van der Waals surface area contributed by atoms with Crippen LogP contribution in [-0.2, 0) is 0 Å². The fraction of sp³-hybridized carbons (Fsp3) is 0. The number of rotatable bonds is 3. The van der Waals surface area contributed by atoms with Gasteiger partial charge in [0.15, 0.2) is 0 Å². The highest BCUT2D eigenvalue weighted by Crippen LogP contribution is 2.43. The second kappa shape index (κ2) is 10.2. The Labute approximate surface area is 280 Å². The zero-order valence-corrected chi connectivity index (χ0v) is 26.1. The van der Waals surface area contributed by atoms with Crippen molar-refractivity contribution in [3.63, 3.8) is 0 Å². The zero-order chi connectivity index (χ0) is 32.6. The van der Waals surface area contributed by atoms with Gasteiger partial charge in [-0.1, -0.05) is 97.1 Å². The number of nitriles is 1. The minimum atomic E-state index is 0.556. The van der Waals surface area contributed by atoms with Crippen LogP contribution in [-0.4, -0.2) is 9.13 Å². The summed E-state index contributed by atoms with van der Waals surface area (Å²) in [6.45, 7) is 8.23. The molecule has 0 saturated carbocycles. The molecule has 7 aromatic carbocycles. The smallest absolute Gasteiger partial charge is 0.211 e. The second-order valence-corrected chi connectivity index (χ2v) is 12.3. The maximum absolute atomic E-state index is 10.5. The summed E-state index contributed by atoms with van der Waals surface area (Å²) in [4.78, 5) is 4.03. The first-order valence-corrected chi connectivity index (χ1v) is 16.1. The zero-order valence-electron chi connectivity index (χ0n) is 26.1. The maximum atomic E-state index is 10.5. The molecule has 0 aliphatic carbocycles. The molecule has 0 aliphatic heterocycles. The third kappa shape index (κ3) is 3.79. The Morgan fingerprint density at radius 1 is 0.531 bits per heavy atom. The third-order valence-electron chi connectivity index (χ3n) is 9.78. The lowest BCUT2D eigenvalue weighted by Crippen LogP contribution is -2.01. The van der Waals surface area contributed by atoms with Crippen molar-refractivity contribution < 1.29 is 4.42 Å². The van der Waals surface area contributed by atoms with Gasteiger partial charge in [0.05, 0.1) is 45.6 Å². The first-order chi connectivity index (χ1) is 24.2. The number of benzene rings is 7. The van der Waals surface area contributed by atoms with Gasteiger partial charge in [-0.2, -0.15) is 5.26 Å². The van der Waals surface area contributed by atoms with Crippen molar-refractivity contribution in [2.45, 2.75) is 0 Å². The van der Waals surface area contributed by atoms with Crippen molar-refractivity contribution >= 4 is 71.2 Å². The van der Waals surface area contributed by atoms with Crippen molar-refractivity contribution in [1.29, 1.82) is 5.26 Å². The first-order valence-electron chi connectivity index (χ1n) is 16.1. The molecule has 49 heavy (non-hydrogen) atoms. The minimum absolute atomic E-state index is 0.556. The fourth-order valence-electron chi connectivity index (χ4n) is 7.68. The van der Waals surface area contributed by atoms with Gasteiger partial charge in [0.25, 0.3) is 0 Å². The summed E-state index contributed by atoms with van der Waals surface area (Å²) in [5.74, 6) is 0. The summed E-state index contributed by atoms with van der Waals surface area (Å²) in [6.07, 6.45) is 0. The van der Waals surface area contributed by atoms with Crippen molar-refractivity contribution in [2.75, 3.05) is 0 Å². The molecular formula is C44H24N4O. The lowest BCUT2D eigenvalue weighted by atomic mass is 9.99. The van der Waals surface area contributed by atoms with Gasteiger partial charge in [0.2, 0.25) is 5.69 Å². The van der Waals surface area contributed by atoms with Crippen molar-refractivity contribution in [2.24, 2.45) is 0 Å². The van der Waals surface area contributed by atoms with Gasteiger partial charge in [0, 0.05) is 32.3 Å². The van der Waals surface area contributed by atoms with Crippen LogP contribution in [0.1, 0.15) is 5.56 Å². The van der Waals surface area contributed by atoms with Crippen molar-refractivity contribution in [1.82, 2.24) is 9.13 Å². The van der Waals surface area contributed by atoms with Crippen LogP contribution >= 0.6 is 0 Å². The Morgan fingerprint density at radius 2 is 1.16 bits per heavy atom. The van der Waals surface area contributed by atoms with Crippen LogP contribution in [0.2, 0.25) is 0 Å². The summed E-state index contributed by atoms with van der Waals surface area (Å²) >= 11 is 0. The molecule has 0 bridgehead atoms. The number of hydrogen-bond donors (Lipinski definition) is 0. The topological polar surface area (TPSA) is 51.1 Å². The van der Waals surface area contributed by atoms with E-state index < -0.39 is 0 Å². The predicted octanol–water partition coefficient (Wildman–Crippen LogP) is 11.9. The SMILES string of the molecule is [C-]#[N+]c1cccc(-c2ccc(C#N)c(-n3c4ccccc4c4cc5oc6ccccc6c5cc43)c2)c1-n1c2ccccc2c2ccccc21. The molecule has 0 N–H and O–H groups in total. The van der Waals surface area contributed by atoms with Crippen molar-refractivity contribution in [3.05, 3.63) is 163 Å². The molecular weight excluding hydrogens is 601 g/mol. The molecule has 10 aromatic rings. The normalized spacial score (nSPS) is 11.6. The van der Waals surface area contributed by atoms with E-state index in [4.69, 9.17) is 11.0 Å². The van der Waals surface area contributed by atoms with Crippen LogP contribution in [0.25, 0.3) is 92.9 Å². The molecule has 0 radical (unpaired) electrons. The summed E-state index contributed by atoms with van der Waals surface area (Å²) in [5.41, 5.74) is 10.3. The van der Waals surface area contributed by atoms with E-state index in [0.29, 0.717) is 11.3 Å². The number of fused-ring (bicyclic) bond motifs is 9. The third-order valence-corrected chi connectivity index (χ3v) is 9.78. The van der Waals surface area contributed by atoms with Crippen LogP contribution in [0.15, 0.2) is 150 Å². The van der Waals surface area contributed by atoms with Crippen LogP contribution in [0.4, 0.5) is 5.69 Å². The van der Waals surface area contributed by atoms with Crippen molar-refractivity contribution in [3.8, 4) is 28.6 Å². The van der Waals surface area contributed by atoms with Crippen LogP contribution < -0.4 is 0 Å². The summed E-state index contributed by atoms with van der Waals surface area (Å²) in [5, 5.41) is 17.0. The average molecular weight is 625 g/mol. The second-order valence-electron chi connectivity index (χ2n) is 12.3. The molecule has 5 heteroatoms. The Balaban J connectivity index is 1.29. The quantitative estimate of drug-likeness (QED) is 0.184. The number of para-hydroxylation sites is 5. The fourth-order valence-corrected chi connectivity index (χ4v) is 7.68. The van der Waals surface area contributed by atoms with E-state index in [9.17, 15) is 5.26 Å². The molecule has 5 nitrogen and oxygen atoms in total. The molecule has 0 amide bonds. The molecule has 0 saturated heterocycles. The van der Waals surface area contributed by atoms with Gasteiger partial charge in [0.1, 0.15) is 17.2 Å². The Bertz CT molecular complexity index is 3030. The minimum Gasteiger partial charge on any atom is -0.456 e. The van der Waals surface area contributed by atoms with E-state index in [0.717, 1.165) is 88.1 Å². The first kappa shape index (κ1) is 27.1. The Hall–Kier alpha value is -7.08. The van der Waals surface area contributed by atoms with Gasteiger partial charge in [-0.25, -0.2) is 4.85 Å². The number of nitrogens with zero attached hydrogens (tertiary/aromatic N) is 4. The Morgan fingerprint density at radius 3 is 1.86 bits per heavy atom. The molecule has 3 heterocycles. The summed E-state index contributed by atoms with van der Waals surface area (Å²) in [7, 11) is 0. The standard InChI is InChI=1S/C44H24N4O/c1-46-36-16-10-15-29(44(36)48-38-18-7-2-11-30(38)31-12-3-8-19-39(31)48)27-21-22-28(26-45)40(23-27)47-37-17-6-4-13-32(37)34-25-43-35(24-41(34)47)33-14-5-9-20-42(33)49-43/h2-25H. The predicted molar refractivity (Wildman–Crippen MR) is 199 cm³/mol. The van der Waals surface area contributed by atoms with E-state index in [1.165, 1.54) is 0 Å². The lowest BCUT2D eigenvalue weighted by molar-refractivity contribution is 0.669. The van der Waals surface area contributed by atoms with Crippen LogP contribution in [0, 0.1) is 17.9 Å². The largest absolute Gasteiger partial charge is 0.456 e. The van der Waals surface area contributed by atoms with E-state index in [1.807, 2.05) is 66.7 Å². The molecule has 226 valence electrons. The van der Waals surface area contributed by atoms with Gasteiger partial charge in [-0.3, -0.25) is 0 Å². The number of aromatic nitrogens is 2. The molecule has 0 unspecified atom stereocenters. The highest BCUT2D eigenvalue weighted by atomic mass is 16.3. The van der Waals surface area contributed by atoms with Crippen LogP contribution in [0.5, 0.6) is 0 Å². The summed E-state index contributed by atoms with van der Waals surface area (Å²) in [6, 6.07) is 51.8. The lowest BCUT2D eigenvalue weighted by Gasteiger charge is -2.18. The Kier molecular flexibility index (Phi) is 5.64. The van der Waals surface area contributed by atoms with Gasteiger partial charge < -0.3 is 13.6 Å². The average Bonchev–Trinajstić information content (AvgIpc) is 3.80. The van der Waals surface area contributed by atoms with Gasteiger partial charge in [-0.05, 0) is 59.7 Å². The molecule has 10 rings (SSSR count). The van der Waals surface area contributed by atoms with E-state index in [2.05, 4.69) is 98.9 Å². The van der Waals surface area contributed by atoms with E-state index in [1.54, 1.807) is 0 Å². The van der Waals surface area contributed by atoms with E-state index >= 15 is 0 Å². The maximum Gasteiger partial charge on any atom is 0.211 e. The monoisotopic (exact) mass is 624 g/mol. The van der Waals surface area contributed by atoms with Gasteiger partial charge in [-0.15, -0.1) is 0 Å². The van der Waals surface area contributed by atoms with Gasteiger partial charge >= 0.3 is 0 Å². The molecule has 0 aliphatic rings. The molecule has 0 spiro atoms. The highest BCUT2D eigenvalue weighted by Gasteiger charge is 2.22. The van der Waals surface area contributed by atoms with Crippen LogP contribution in [0.3, 0.4) is 0 Å². The van der Waals surface area contributed by atoms with E-state index in [-0.39, 0.29) is 0 Å². The summed E-state index contributed by atoms with van der Waals surface area (Å²) < 4.78 is 10.7. The number of hydrogen-bond acceptors (Lipinski definition) is 2. The molecule has 0 fully saturated rings. The highest BCUT2D eigenvalue weighted by molar-refractivity contribution is 6.17. The molecule has 3 aromatic heterocycles. The number of furan rings is 1.